The number of fused-ring (bicyclic) bond motifs is 1. The standard InChI is InChI=1S/C16H22N2O2/c1-6-7-12(17-16(2,3)4)11-8-9-13-14(10-11)20-15(19)18(13)5/h8-10H,6-7H2,1-5H3. The van der Waals surface area contributed by atoms with Gasteiger partial charge in [0.25, 0.3) is 0 Å². The molecule has 0 aliphatic rings. The molecule has 0 aliphatic carbocycles. The quantitative estimate of drug-likeness (QED) is 0.804. The molecule has 0 spiro atoms. The van der Waals surface area contributed by atoms with Crippen molar-refractivity contribution in [3.8, 4) is 0 Å². The number of aliphatic imine (C=N–C) groups is 1. The van der Waals surface area contributed by atoms with E-state index in [1.54, 1.807) is 7.05 Å². The van der Waals surface area contributed by atoms with Crippen molar-refractivity contribution in [2.45, 2.75) is 46.1 Å². The van der Waals surface area contributed by atoms with E-state index in [0.29, 0.717) is 5.58 Å². The zero-order valence-electron chi connectivity index (χ0n) is 12.9. The molecule has 0 saturated heterocycles. The Morgan fingerprint density at radius 2 is 2.05 bits per heavy atom. The predicted molar refractivity (Wildman–Crippen MR) is 82.7 cm³/mol. The molecule has 0 N–H and O–H groups in total. The Hall–Kier alpha value is -1.84. The Morgan fingerprint density at radius 3 is 2.65 bits per heavy atom. The monoisotopic (exact) mass is 274 g/mol. The number of benzene rings is 1. The number of rotatable bonds is 3. The Morgan fingerprint density at radius 1 is 1.35 bits per heavy atom. The molecule has 0 fully saturated rings. The maximum Gasteiger partial charge on any atom is 0.419 e. The number of hydrogen-bond acceptors (Lipinski definition) is 3. The van der Waals surface area contributed by atoms with Crippen LogP contribution in [-0.2, 0) is 7.05 Å². The van der Waals surface area contributed by atoms with E-state index >= 15 is 0 Å². The number of aromatic nitrogens is 1. The van der Waals surface area contributed by atoms with Crippen LogP contribution in [0.5, 0.6) is 0 Å². The van der Waals surface area contributed by atoms with Crippen LogP contribution in [0.25, 0.3) is 11.1 Å². The average Bonchev–Trinajstić information content (AvgIpc) is 2.62. The first-order valence-corrected chi connectivity index (χ1v) is 7.00. The van der Waals surface area contributed by atoms with Crippen molar-refractivity contribution in [2.24, 2.45) is 12.0 Å². The minimum absolute atomic E-state index is 0.114. The summed E-state index contributed by atoms with van der Waals surface area (Å²) in [7, 11) is 1.71. The smallest absolute Gasteiger partial charge is 0.408 e. The minimum Gasteiger partial charge on any atom is -0.408 e. The lowest BCUT2D eigenvalue weighted by atomic mass is 10.0. The van der Waals surface area contributed by atoms with E-state index in [-0.39, 0.29) is 11.3 Å². The van der Waals surface area contributed by atoms with Crippen molar-refractivity contribution in [3.05, 3.63) is 34.3 Å². The number of aryl methyl sites for hydroxylation is 1. The lowest BCUT2D eigenvalue weighted by Crippen LogP contribution is -2.15. The van der Waals surface area contributed by atoms with Gasteiger partial charge in [0.2, 0.25) is 0 Å². The lowest BCUT2D eigenvalue weighted by Gasteiger charge is -2.16. The van der Waals surface area contributed by atoms with Crippen LogP contribution in [0.1, 0.15) is 46.1 Å². The second-order valence-electron chi connectivity index (χ2n) is 6.09. The van der Waals surface area contributed by atoms with Crippen LogP contribution in [0, 0.1) is 0 Å². The third kappa shape index (κ3) is 3.00. The number of oxazole rings is 1. The van der Waals surface area contributed by atoms with Crippen LogP contribution in [-0.4, -0.2) is 15.8 Å². The van der Waals surface area contributed by atoms with Crippen LogP contribution in [0.2, 0.25) is 0 Å². The summed E-state index contributed by atoms with van der Waals surface area (Å²) in [4.78, 5) is 16.3. The summed E-state index contributed by atoms with van der Waals surface area (Å²) in [5.74, 6) is -0.332. The summed E-state index contributed by atoms with van der Waals surface area (Å²) < 4.78 is 6.76. The molecule has 1 aromatic carbocycles. The molecule has 1 heterocycles. The average molecular weight is 274 g/mol. The zero-order valence-corrected chi connectivity index (χ0v) is 12.9. The Kier molecular flexibility index (Phi) is 3.84. The summed E-state index contributed by atoms with van der Waals surface area (Å²) in [5.41, 5.74) is 3.41. The zero-order chi connectivity index (χ0) is 14.9. The van der Waals surface area contributed by atoms with Gasteiger partial charge < -0.3 is 4.42 Å². The van der Waals surface area contributed by atoms with E-state index in [9.17, 15) is 4.79 Å². The third-order valence-corrected chi connectivity index (χ3v) is 3.08. The molecule has 4 heteroatoms. The second-order valence-corrected chi connectivity index (χ2v) is 6.09. The van der Waals surface area contributed by atoms with Gasteiger partial charge in [-0.15, -0.1) is 0 Å². The van der Waals surface area contributed by atoms with Gasteiger partial charge in [-0.25, -0.2) is 4.79 Å². The fourth-order valence-electron chi connectivity index (χ4n) is 2.22. The SMILES string of the molecule is CCCC(=NC(C)(C)C)c1ccc2c(c1)oc(=O)n2C. The van der Waals surface area contributed by atoms with Crippen molar-refractivity contribution >= 4 is 16.8 Å². The second kappa shape index (κ2) is 5.27. The molecule has 0 amide bonds. The highest BCUT2D eigenvalue weighted by molar-refractivity contribution is 6.02. The molecular weight excluding hydrogens is 252 g/mol. The molecule has 0 unspecified atom stereocenters. The van der Waals surface area contributed by atoms with Gasteiger partial charge in [-0.05, 0) is 44.9 Å². The fourth-order valence-corrected chi connectivity index (χ4v) is 2.22. The van der Waals surface area contributed by atoms with E-state index in [4.69, 9.17) is 9.41 Å². The van der Waals surface area contributed by atoms with Crippen molar-refractivity contribution in [1.29, 1.82) is 0 Å². The molecule has 0 radical (unpaired) electrons. The molecule has 0 atom stereocenters. The summed E-state index contributed by atoms with van der Waals surface area (Å²) in [5, 5.41) is 0. The minimum atomic E-state index is -0.332. The highest BCUT2D eigenvalue weighted by Crippen LogP contribution is 2.19. The molecule has 108 valence electrons. The number of hydrogen-bond donors (Lipinski definition) is 0. The van der Waals surface area contributed by atoms with Gasteiger partial charge >= 0.3 is 5.76 Å². The van der Waals surface area contributed by atoms with Crippen molar-refractivity contribution in [3.63, 3.8) is 0 Å². The molecule has 1 aromatic heterocycles. The van der Waals surface area contributed by atoms with Crippen molar-refractivity contribution in [1.82, 2.24) is 4.57 Å². The van der Waals surface area contributed by atoms with Gasteiger partial charge in [-0.3, -0.25) is 9.56 Å². The fraction of sp³-hybridized carbons (Fsp3) is 0.500. The first-order chi connectivity index (χ1) is 9.31. The maximum atomic E-state index is 11.5. The molecule has 0 aliphatic heterocycles. The van der Waals surface area contributed by atoms with Crippen molar-refractivity contribution in [2.75, 3.05) is 0 Å². The first kappa shape index (κ1) is 14.6. The van der Waals surface area contributed by atoms with E-state index in [2.05, 4.69) is 27.7 Å². The molecule has 2 aromatic rings. The molecule has 0 saturated carbocycles. The first-order valence-electron chi connectivity index (χ1n) is 7.00. The number of nitrogens with zero attached hydrogens (tertiary/aromatic N) is 2. The maximum absolute atomic E-state index is 11.5. The Labute approximate surface area is 119 Å². The molecule has 4 nitrogen and oxygen atoms in total. The van der Waals surface area contributed by atoms with Gasteiger partial charge in [0, 0.05) is 12.8 Å². The lowest BCUT2D eigenvalue weighted by molar-refractivity contribution is 0.528. The molecular formula is C16H22N2O2. The molecule has 2 rings (SSSR count). The van der Waals surface area contributed by atoms with Crippen LogP contribution < -0.4 is 5.76 Å². The third-order valence-electron chi connectivity index (χ3n) is 3.08. The van der Waals surface area contributed by atoms with Crippen LogP contribution in [0.3, 0.4) is 0 Å². The Balaban J connectivity index is 2.54. The van der Waals surface area contributed by atoms with E-state index in [1.165, 1.54) is 4.57 Å². The Bertz CT molecular complexity index is 699. The largest absolute Gasteiger partial charge is 0.419 e. The van der Waals surface area contributed by atoms with Crippen LogP contribution >= 0.6 is 0 Å². The van der Waals surface area contributed by atoms with Crippen LogP contribution in [0.15, 0.2) is 32.4 Å². The molecule has 0 bridgehead atoms. The van der Waals surface area contributed by atoms with E-state index < -0.39 is 0 Å². The highest BCUT2D eigenvalue weighted by atomic mass is 16.4. The predicted octanol–water partition coefficient (Wildman–Crippen LogP) is 3.52. The van der Waals surface area contributed by atoms with Gasteiger partial charge in [0.1, 0.15) is 0 Å². The van der Waals surface area contributed by atoms with Gasteiger partial charge in [-0.2, -0.15) is 0 Å². The van der Waals surface area contributed by atoms with E-state index in [0.717, 1.165) is 29.6 Å². The summed E-state index contributed by atoms with van der Waals surface area (Å²) >= 11 is 0. The molecule has 20 heavy (non-hydrogen) atoms. The summed E-state index contributed by atoms with van der Waals surface area (Å²) in [6.07, 6.45) is 1.95. The van der Waals surface area contributed by atoms with Gasteiger partial charge in [0.05, 0.1) is 11.1 Å². The van der Waals surface area contributed by atoms with Gasteiger partial charge in [0.15, 0.2) is 5.58 Å². The summed E-state index contributed by atoms with van der Waals surface area (Å²) in [6.45, 7) is 8.40. The van der Waals surface area contributed by atoms with Gasteiger partial charge in [-0.1, -0.05) is 19.4 Å². The normalized spacial score (nSPS) is 13.2. The van der Waals surface area contributed by atoms with Crippen molar-refractivity contribution < 1.29 is 4.42 Å². The van der Waals surface area contributed by atoms with E-state index in [1.807, 2.05) is 18.2 Å². The topological polar surface area (TPSA) is 47.5 Å². The van der Waals surface area contributed by atoms with Crippen LogP contribution in [0.4, 0.5) is 0 Å². The summed E-state index contributed by atoms with van der Waals surface area (Å²) in [6, 6.07) is 5.85. The highest BCUT2D eigenvalue weighted by Gasteiger charge is 2.13.